The molecule has 0 N–H and O–H groups in total. The van der Waals surface area contributed by atoms with E-state index in [9.17, 15) is 4.39 Å². The van der Waals surface area contributed by atoms with Crippen molar-refractivity contribution in [2.24, 2.45) is 0 Å². The molecule has 0 aliphatic carbocycles. The molecule has 2 atom stereocenters. The van der Waals surface area contributed by atoms with Gasteiger partial charge in [-0.05, 0) is 41.3 Å². The number of alkyl halides is 1. The molecule has 1 aliphatic rings. The first kappa shape index (κ1) is 14.3. The van der Waals surface area contributed by atoms with Gasteiger partial charge in [0.2, 0.25) is 0 Å². The minimum Gasteiger partial charge on any atom is -0.496 e. The van der Waals surface area contributed by atoms with E-state index < -0.39 is 0 Å². The zero-order valence-corrected chi connectivity index (χ0v) is 13.3. The lowest BCUT2D eigenvalue weighted by Gasteiger charge is -2.18. The first-order chi connectivity index (χ1) is 8.61. The van der Waals surface area contributed by atoms with E-state index in [-0.39, 0.29) is 16.7 Å². The predicted molar refractivity (Wildman–Crippen MR) is 75.9 cm³/mol. The van der Waals surface area contributed by atoms with E-state index in [4.69, 9.17) is 9.47 Å². The van der Waals surface area contributed by atoms with Gasteiger partial charge in [0, 0.05) is 23.1 Å². The van der Waals surface area contributed by atoms with E-state index in [1.807, 2.05) is 0 Å². The molecule has 1 saturated heterocycles. The van der Waals surface area contributed by atoms with Gasteiger partial charge in [0.1, 0.15) is 11.6 Å². The van der Waals surface area contributed by atoms with Crippen molar-refractivity contribution in [2.45, 2.75) is 30.2 Å². The Bertz CT molecular complexity index is 420. The molecule has 2 nitrogen and oxygen atoms in total. The summed E-state index contributed by atoms with van der Waals surface area (Å²) in [5.74, 6) is 0.253. The first-order valence-electron chi connectivity index (χ1n) is 5.90. The molecule has 0 spiro atoms. The number of hydrogen-bond acceptors (Lipinski definition) is 2. The zero-order valence-electron chi connectivity index (χ0n) is 10.1. The van der Waals surface area contributed by atoms with Crippen molar-refractivity contribution in [2.75, 3.05) is 13.7 Å². The van der Waals surface area contributed by atoms with Gasteiger partial charge < -0.3 is 9.47 Å². The summed E-state index contributed by atoms with van der Waals surface area (Å²) >= 11 is 6.85. The van der Waals surface area contributed by atoms with Gasteiger partial charge in [-0.15, -0.1) is 0 Å². The Kier molecular flexibility index (Phi) is 5.04. The fourth-order valence-electron chi connectivity index (χ4n) is 2.15. The average molecular weight is 382 g/mol. The molecule has 5 heteroatoms. The van der Waals surface area contributed by atoms with Crippen molar-refractivity contribution >= 4 is 31.9 Å². The highest BCUT2D eigenvalue weighted by Gasteiger charge is 2.23. The molecular formula is C13H15Br2FO2. The topological polar surface area (TPSA) is 18.5 Å². The molecule has 0 radical (unpaired) electrons. The van der Waals surface area contributed by atoms with E-state index in [2.05, 4.69) is 31.9 Å². The smallest absolute Gasteiger partial charge is 0.141 e. The molecule has 0 amide bonds. The van der Waals surface area contributed by atoms with E-state index in [0.29, 0.717) is 10.2 Å². The minimum absolute atomic E-state index is 0.104. The molecule has 0 saturated carbocycles. The van der Waals surface area contributed by atoms with Gasteiger partial charge >= 0.3 is 0 Å². The van der Waals surface area contributed by atoms with Crippen molar-refractivity contribution in [3.8, 4) is 5.75 Å². The summed E-state index contributed by atoms with van der Waals surface area (Å²) in [6.45, 7) is 0.842. The lowest BCUT2D eigenvalue weighted by atomic mass is 10.0. The monoisotopic (exact) mass is 380 g/mol. The van der Waals surface area contributed by atoms with Crippen LogP contribution in [0.1, 0.15) is 29.7 Å². The van der Waals surface area contributed by atoms with Gasteiger partial charge in [0.15, 0.2) is 0 Å². The van der Waals surface area contributed by atoms with Gasteiger partial charge in [-0.2, -0.15) is 0 Å². The third-order valence-corrected chi connectivity index (χ3v) is 4.58. The molecule has 2 rings (SSSR count). The normalized spacial score (nSPS) is 21.0. The van der Waals surface area contributed by atoms with E-state index in [1.165, 1.54) is 6.07 Å². The third-order valence-electron chi connectivity index (χ3n) is 3.10. The highest BCUT2D eigenvalue weighted by molar-refractivity contribution is 9.10. The highest BCUT2D eigenvalue weighted by atomic mass is 79.9. The molecular weight excluding hydrogens is 367 g/mol. The molecule has 1 aromatic carbocycles. The lowest BCUT2D eigenvalue weighted by Crippen LogP contribution is -2.09. The zero-order chi connectivity index (χ0) is 13.1. The van der Waals surface area contributed by atoms with Gasteiger partial charge in [-0.25, -0.2) is 4.39 Å². The van der Waals surface area contributed by atoms with Crippen LogP contribution in [-0.4, -0.2) is 19.8 Å². The van der Waals surface area contributed by atoms with Crippen LogP contribution in [0.3, 0.4) is 0 Å². The number of halogens is 3. The minimum atomic E-state index is -0.313. The second-order valence-electron chi connectivity index (χ2n) is 4.35. The Hall–Kier alpha value is -0.130. The van der Waals surface area contributed by atoms with Crippen molar-refractivity contribution in [1.29, 1.82) is 0 Å². The van der Waals surface area contributed by atoms with Crippen LogP contribution in [0.4, 0.5) is 4.39 Å². The van der Waals surface area contributed by atoms with Gasteiger partial charge in [-0.3, -0.25) is 0 Å². The molecule has 0 bridgehead atoms. The Morgan fingerprint density at radius 2 is 2.33 bits per heavy atom. The molecule has 0 aromatic heterocycles. The first-order valence-corrected chi connectivity index (χ1v) is 7.61. The number of ether oxygens (including phenoxy) is 2. The van der Waals surface area contributed by atoms with Crippen molar-refractivity contribution in [1.82, 2.24) is 0 Å². The fraction of sp³-hybridized carbons (Fsp3) is 0.538. The summed E-state index contributed by atoms with van der Waals surface area (Å²) in [4.78, 5) is 0.104. The molecule has 2 unspecified atom stereocenters. The van der Waals surface area contributed by atoms with Crippen LogP contribution >= 0.6 is 31.9 Å². The molecule has 1 aromatic rings. The van der Waals surface area contributed by atoms with E-state index in [1.54, 1.807) is 13.2 Å². The van der Waals surface area contributed by atoms with Crippen LogP contribution in [0.5, 0.6) is 5.75 Å². The van der Waals surface area contributed by atoms with E-state index in [0.717, 1.165) is 31.4 Å². The maximum Gasteiger partial charge on any atom is 0.141 e. The molecule has 100 valence electrons. The van der Waals surface area contributed by atoms with Crippen LogP contribution in [0, 0.1) is 5.82 Å². The van der Waals surface area contributed by atoms with Crippen LogP contribution in [-0.2, 0) is 4.74 Å². The maximum absolute atomic E-state index is 13.4. The summed E-state index contributed by atoms with van der Waals surface area (Å²) in [6, 6.07) is 3.17. The lowest BCUT2D eigenvalue weighted by molar-refractivity contribution is 0.104. The maximum atomic E-state index is 13.4. The van der Waals surface area contributed by atoms with Gasteiger partial charge in [0.25, 0.3) is 0 Å². The summed E-state index contributed by atoms with van der Waals surface area (Å²) in [7, 11) is 1.55. The van der Waals surface area contributed by atoms with Gasteiger partial charge in [-0.1, -0.05) is 15.9 Å². The van der Waals surface area contributed by atoms with Crippen molar-refractivity contribution < 1.29 is 13.9 Å². The molecule has 1 aliphatic heterocycles. The Morgan fingerprint density at radius 1 is 1.56 bits per heavy atom. The molecule has 1 heterocycles. The van der Waals surface area contributed by atoms with Crippen molar-refractivity contribution in [3.63, 3.8) is 0 Å². The quantitative estimate of drug-likeness (QED) is 0.709. The third kappa shape index (κ3) is 3.25. The highest BCUT2D eigenvalue weighted by Crippen LogP contribution is 2.39. The average Bonchev–Trinajstić information content (AvgIpc) is 2.84. The summed E-state index contributed by atoms with van der Waals surface area (Å²) in [6.07, 6.45) is 3.36. The molecule has 1 fully saturated rings. The van der Waals surface area contributed by atoms with Crippen LogP contribution in [0.2, 0.25) is 0 Å². The summed E-state index contributed by atoms with van der Waals surface area (Å²) in [5.41, 5.74) is 0.946. The number of benzene rings is 1. The summed E-state index contributed by atoms with van der Waals surface area (Å²) in [5, 5.41) is 0. The number of methoxy groups -OCH3 is 1. The predicted octanol–water partition coefficient (Wildman–Crippen LogP) is 4.60. The molecule has 18 heavy (non-hydrogen) atoms. The Balaban J connectivity index is 2.17. The second-order valence-corrected chi connectivity index (χ2v) is 6.31. The number of hydrogen-bond donors (Lipinski definition) is 0. The fourth-order valence-corrected chi connectivity index (χ4v) is 3.29. The number of rotatable bonds is 4. The van der Waals surface area contributed by atoms with Gasteiger partial charge in [0.05, 0.1) is 17.7 Å². The largest absolute Gasteiger partial charge is 0.496 e. The second kappa shape index (κ2) is 6.35. The Labute approximate surface area is 123 Å². The van der Waals surface area contributed by atoms with Crippen molar-refractivity contribution in [3.05, 3.63) is 28.0 Å². The van der Waals surface area contributed by atoms with Crippen LogP contribution in [0.25, 0.3) is 0 Å². The standard InChI is InChI=1S/C13H15Br2FO2/c1-17-13-7-12(16)11(15)6-9(13)10(14)5-8-3-2-4-18-8/h6-8,10H,2-5H2,1H3. The van der Waals surface area contributed by atoms with E-state index >= 15 is 0 Å². The summed E-state index contributed by atoms with van der Waals surface area (Å²) < 4.78 is 24.8. The van der Waals surface area contributed by atoms with Crippen LogP contribution in [0.15, 0.2) is 16.6 Å². The SMILES string of the molecule is COc1cc(F)c(Br)cc1C(Br)CC1CCCO1. The Morgan fingerprint density at radius 3 is 2.94 bits per heavy atom. The van der Waals surface area contributed by atoms with Crippen LogP contribution < -0.4 is 4.74 Å².